The largest absolute Gasteiger partial charge is 0.475 e. The molecule has 54 heavy (non-hydrogen) atoms. The van der Waals surface area contributed by atoms with E-state index in [-0.39, 0.29) is 36.0 Å². The van der Waals surface area contributed by atoms with Gasteiger partial charge in [-0.2, -0.15) is 0 Å². The number of pyridine rings is 2. The van der Waals surface area contributed by atoms with E-state index in [0.717, 1.165) is 30.6 Å². The number of ether oxygens (including phenoxy) is 1. The molecular weight excluding hydrogens is 683 g/mol. The van der Waals surface area contributed by atoms with Crippen LogP contribution >= 0.6 is 0 Å². The number of hydrogen-bond donors (Lipinski definition) is 4. The van der Waals surface area contributed by atoms with Crippen molar-refractivity contribution in [1.82, 2.24) is 30.0 Å². The number of nitrogens with two attached hydrogens (primary N) is 1. The standard InChI is InChI=1S/C40H51N11O3/c1-27(2)54-34-12-9-31(23-45-34)36(42)37-32(41)10-11-33(47-37)51-21-16-40(39(51)53)15-20-49(25-40)24-35(52)50-18-13-29(14-19-50)28-5-7-30(8-6-28)38(43)46-26-44-17-22-48(3)4/h5-13,23,26-27,42H,14-22,24-25,41H2,1-4H3,(H2,43,44,46)/t40-/m0/s1. The van der Waals surface area contributed by atoms with Crippen LogP contribution in [0.2, 0.25) is 0 Å². The maximum absolute atomic E-state index is 14.0. The Morgan fingerprint density at radius 2 is 1.83 bits per heavy atom. The molecule has 284 valence electrons. The molecule has 1 atom stereocenters. The SMILES string of the molecule is CC(C)Oc1ccc(C(=N)c2nc(N3CC[C@]4(CCN(CC(=O)N5CC=C(c6ccc(C(=N)/N=C\NCCN(C)C)cc6)CC5)C4)C3=O)ccc2N)cn1. The molecule has 14 nitrogen and oxygen atoms in total. The Morgan fingerprint density at radius 3 is 2.52 bits per heavy atom. The average molecular weight is 734 g/mol. The second-order valence-corrected chi connectivity index (χ2v) is 14.7. The van der Waals surface area contributed by atoms with E-state index in [2.05, 4.69) is 31.2 Å². The summed E-state index contributed by atoms with van der Waals surface area (Å²) in [5.41, 5.74) is 10.00. The van der Waals surface area contributed by atoms with Crippen molar-refractivity contribution in [2.45, 2.75) is 39.2 Å². The first-order valence-electron chi connectivity index (χ1n) is 18.5. The summed E-state index contributed by atoms with van der Waals surface area (Å²) < 4.78 is 5.62. The van der Waals surface area contributed by atoms with E-state index in [1.165, 1.54) is 5.57 Å². The minimum atomic E-state index is -0.571. The van der Waals surface area contributed by atoms with Crippen molar-refractivity contribution < 1.29 is 14.3 Å². The van der Waals surface area contributed by atoms with Gasteiger partial charge in [-0.05, 0) is 83.1 Å². The number of carbonyl (C=O) groups excluding carboxylic acids is 2. The van der Waals surface area contributed by atoms with Crippen LogP contribution < -0.4 is 20.7 Å². The summed E-state index contributed by atoms with van der Waals surface area (Å²) in [5, 5.41) is 20.2. The number of likely N-dealkylation sites (tertiary alicyclic amines) is 1. The number of aliphatic imine (C=N–C) groups is 1. The van der Waals surface area contributed by atoms with E-state index in [0.29, 0.717) is 74.2 Å². The summed E-state index contributed by atoms with van der Waals surface area (Å²) in [7, 11) is 4.02. The minimum absolute atomic E-state index is 0.000709. The van der Waals surface area contributed by atoms with Gasteiger partial charge in [0.25, 0.3) is 0 Å². The van der Waals surface area contributed by atoms with Crippen LogP contribution in [0, 0.1) is 16.2 Å². The van der Waals surface area contributed by atoms with Crippen molar-refractivity contribution in [2.24, 2.45) is 10.4 Å². The third kappa shape index (κ3) is 8.83. The maximum Gasteiger partial charge on any atom is 0.237 e. The van der Waals surface area contributed by atoms with Gasteiger partial charge in [0.2, 0.25) is 17.7 Å². The number of amides is 2. The number of anilines is 2. The number of nitrogen functional groups attached to an aromatic ring is 1. The Kier molecular flexibility index (Phi) is 11.8. The molecule has 2 aromatic heterocycles. The molecule has 0 radical (unpaired) electrons. The molecule has 3 aliphatic rings. The van der Waals surface area contributed by atoms with Crippen LogP contribution in [0.4, 0.5) is 11.5 Å². The van der Waals surface area contributed by atoms with Gasteiger partial charge in [-0.1, -0.05) is 30.3 Å². The molecule has 14 heteroatoms. The van der Waals surface area contributed by atoms with Gasteiger partial charge in [0.15, 0.2) is 5.84 Å². The van der Waals surface area contributed by atoms with E-state index >= 15 is 0 Å². The van der Waals surface area contributed by atoms with Crippen molar-refractivity contribution in [3.05, 3.63) is 83.2 Å². The molecule has 1 aromatic carbocycles. The maximum atomic E-state index is 14.0. The van der Waals surface area contributed by atoms with Crippen LogP contribution in [0.3, 0.4) is 0 Å². The number of nitrogens with zero attached hydrogens (tertiary/aromatic N) is 7. The topological polar surface area (TPSA) is 180 Å². The van der Waals surface area contributed by atoms with Gasteiger partial charge >= 0.3 is 0 Å². The lowest BCUT2D eigenvalue weighted by molar-refractivity contribution is -0.132. The first kappa shape index (κ1) is 38.3. The summed E-state index contributed by atoms with van der Waals surface area (Å²) in [6.07, 6.45) is 7.33. The van der Waals surface area contributed by atoms with Crippen LogP contribution in [-0.2, 0) is 9.59 Å². The third-order valence-corrected chi connectivity index (χ3v) is 10.2. The number of amidine groups is 1. The first-order chi connectivity index (χ1) is 25.9. The Hall–Kier alpha value is -5.47. The third-order valence-electron chi connectivity index (χ3n) is 10.2. The highest BCUT2D eigenvalue weighted by Gasteiger charge is 2.51. The van der Waals surface area contributed by atoms with Crippen LogP contribution in [0.5, 0.6) is 5.88 Å². The molecule has 5 heterocycles. The van der Waals surface area contributed by atoms with Crippen molar-refractivity contribution in [3.8, 4) is 5.88 Å². The van der Waals surface area contributed by atoms with Crippen LogP contribution in [0.1, 0.15) is 55.5 Å². The van der Waals surface area contributed by atoms with Gasteiger partial charge in [0.05, 0.1) is 35.8 Å². The summed E-state index contributed by atoms with van der Waals surface area (Å²) in [5.74, 6) is 1.20. The number of rotatable bonds is 13. The lowest BCUT2D eigenvalue weighted by atomic mass is 9.85. The molecule has 2 saturated heterocycles. The van der Waals surface area contributed by atoms with E-state index in [4.69, 9.17) is 26.3 Å². The normalized spacial score (nSPS) is 19.0. The minimum Gasteiger partial charge on any atom is -0.475 e. The average Bonchev–Trinajstić information content (AvgIpc) is 3.72. The van der Waals surface area contributed by atoms with Crippen molar-refractivity contribution in [3.63, 3.8) is 0 Å². The smallest absolute Gasteiger partial charge is 0.237 e. The lowest BCUT2D eigenvalue weighted by Gasteiger charge is -2.29. The second-order valence-electron chi connectivity index (χ2n) is 14.7. The molecule has 3 aliphatic heterocycles. The summed E-state index contributed by atoms with van der Waals surface area (Å²) >= 11 is 0. The number of likely N-dealkylation sites (N-methyl/N-ethyl adjacent to an activating group) is 1. The van der Waals surface area contributed by atoms with Crippen molar-refractivity contribution >= 4 is 46.8 Å². The first-order valence-corrected chi connectivity index (χ1v) is 18.5. The van der Waals surface area contributed by atoms with Crippen LogP contribution in [0.25, 0.3) is 5.57 Å². The van der Waals surface area contributed by atoms with E-state index in [1.54, 1.807) is 41.7 Å². The highest BCUT2D eigenvalue weighted by Crippen LogP contribution is 2.42. The van der Waals surface area contributed by atoms with Crippen molar-refractivity contribution in [2.75, 3.05) is 77.1 Å². The highest BCUT2D eigenvalue weighted by atomic mass is 16.5. The molecule has 2 fully saturated rings. The van der Waals surface area contributed by atoms with Crippen molar-refractivity contribution in [1.29, 1.82) is 10.8 Å². The number of benzene rings is 1. The van der Waals surface area contributed by atoms with Gasteiger partial charge in [0.1, 0.15) is 11.5 Å². The summed E-state index contributed by atoms with van der Waals surface area (Å²) in [4.78, 5) is 48.4. The second kappa shape index (κ2) is 16.7. The Balaban J connectivity index is 1.01. The van der Waals surface area contributed by atoms with E-state index < -0.39 is 5.41 Å². The molecular formula is C40H51N11O3. The fourth-order valence-corrected chi connectivity index (χ4v) is 7.13. The molecule has 6 rings (SSSR count). The molecule has 1 spiro atoms. The molecule has 5 N–H and O–H groups in total. The molecule has 0 bridgehead atoms. The number of hydrogen-bond acceptors (Lipinski definition) is 10. The summed E-state index contributed by atoms with van der Waals surface area (Å²) in [6, 6.07) is 14.7. The molecule has 0 aliphatic carbocycles. The Bertz CT molecular complexity index is 1920. The Morgan fingerprint density at radius 1 is 1.07 bits per heavy atom. The number of nitrogens with one attached hydrogen (secondary N) is 3. The monoisotopic (exact) mass is 733 g/mol. The predicted molar refractivity (Wildman–Crippen MR) is 213 cm³/mol. The van der Waals surface area contributed by atoms with Crippen LogP contribution in [0.15, 0.2) is 65.8 Å². The molecule has 0 saturated carbocycles. The quantitative estimate of drug-likeness (QED) is 0.116. The van der Waals surface area contributed by atoms with Gasteiger partial charge < -0.3 is 25.6 Å². The van der Waals surface area contributed by atoms with Gasteiger partial charge in [-0.25, -0.2) is 15.0 Å². The zero-order valence-electron chi connectivity index (χ0n) is 31.6. The predicted octanol–water partition coefficient (Wildman–Crippen LogP) is 3.51. The fourth-order valence-electron chi connectivity index (χ4n) is 7.13. The summed E-state index contributed by atoms with van der Waals surface area (Å²) in [6.45, 7) is 8.63. The van der Waals surface area contributed by atoms with E-state index in [9.17, 15) is 9.59 Å². The Labute approximate surface area is 317 Å². The zero-order chi connectivity index (χ0) is 38.4. The van der Waals surface area contributed by atoms with Gasteiger partial charge in [-0.15, -0.1) is 0 Å². The fraction of sp³-hybridized carbons (Fsp3) is 0.425. The molecule has 0 unspecified atom stereocenters. The molecule has 3 aromatic rings. The lowest BCUT2D eigenvalue weighted by Crippen LogP contribution is -2.43. The van der Waals surface area contributed by atoms with Gasteiger partial charge in [-0.3, -0.25) is 30.2 Å². The zero-order valence-corrected chi connectivity index (χ0v) is 31.6. The number of aromatic nitrogens is 2. The van der Waals surface area contributed by atoms with E-state index in [1.807, 2.05) is 57.1 Å². The number of carbonyl (C=O) groups is 2. The van der Waals surface area contributed by atoms with Crippen LogP contribution in [-0.4, -0.2) is 127 Å². The van der Waals surface area contributed by atoms with Gasteiger partial charge in [0, 0.05) is 62.7 Å². The highest BCUT2D eigenvalue weighted by molar-refractivity contribution is 6.13. The molecule has 2 amide bonds.